The van der Waals surface area contributed by atoms with Crippen molar-refractivity contribution in [1.82, 2.24) is 0 Å². The molecule has 0 fully saturated rings. The molecule has 0 saturated heterocycles. The summed E-state index contributed by atoms with van der Waals surface area (Å²) in [4.78, 5) is 0. The predicted molar refractivity (Wildman–Crippen MR) is 62.1 cm³/mol. The summed E-state index contributed by atoms with van der Waals surface area (Å²) in [6, 6.07) is 7.65. The summed E-state index contributed by atoms with van der Waals surface area (Å²) in [5.74, 6) is 0.763. The smallest absolute Gasteiger partial charge is 0.124 e. The molecule has 1 unspecified atom stereocenters. The lowest BCUT2D eigenvalue weighted by atomic mass is 9.90. The van der Waals surface area contributed by atoms with Crippen molar-refractivity contribution in [2.75, 3.05) is 7.11 Å². The van der Waals surface area contributed by atoms with E-state index in [-0.39, 0.29) is 0 Å². The number of methoxy groups -OCH3 is 1. The Morgan fingerprint density at radius 1 is 1.33 bits per heavy atom. The van der Waals surface area contributed by atoms with Crippen LogP contribution in [0, 0.1) is 0 Å². The van der Waals surface area contributed by atoms with Crippen molar-refractivity contribution in [3.63, 3.8) is 0 Å². The van der Waals surface area contributed by atoms with Crippen molar-refractivity contribution < 1.29 is 9.84 Å². The fraction of sp³-hybridized carbons (Fsp3) is 0.538. The highest BCUT2D eigenvalue weighted by Crippen LogP contribution is 2.33. The van der Waals surface area contributed by atoms with Gasteiger partial charge in [-0.3, -0.25) is 0 Å². The molecular formula is C13H20O2. The van der Waals surface area contributed by atoms with Gasteiger partial charge >= 0.3 is 0 Å². The van der Waals surface area contributed by atoms with E-state index in [1.54, 1.807) is 7.11 Å². The Hall–Kier alpha value is -1.02. The fourth-order valence-electron chi connectivity index (χ4n) is 1.75. The number of rotatable bonds is 5. The van der Waals surface area contributed by atoms with Crippen molar-refractivity contribution in [2.45, 2.75) is 38.7 Å². The van der Waals surface area contributed by atoms with E-state index < -0.39 is 5.60 Å². The quantitative estimate of drug-likeness (QED) is 0.805. The molecule has 0 bridgehead atoms. The summed E-state index contributed by atoms with van der Waals surface area (Å²) < 4.78 is 5.25. The number of ether oxygens (including phenoxy) is 1. The number of benzene rings is 1. The second-order valence-electron chi connectivity index (χ2n) is 4.08. The van der Waals surface area contributed by atoms with Crippen molar-refractivity contribution in [2.24, 2.45) is 0 Å². The molecule has 84 valence electrons. The van der Waals surface area contributed by atoms with Crippen molar-refractivity contribution in [3.8, 4) is 5.75 Å². The van der Waals surface area contributed by atoms with Gasteiger partial charge in [0.15, 0.2) is 0 Å². The molecule has 2 nitrogen and oxygen atoms in total. The van der Waals surface area contributed by atoms with Crippen molar-refractivity contribution in [1.29, 1.82) is 0 Å². The first kappa shape index (κ1) is 12.1. The number of unbranched alkanes of at least 4 members (excludes halogenated alkanes) is 1. The maximum Gasteiger partial charge on any atom is 0.124 e. The van der Waals surface area contributed by atoms with Gasteiger partial charge in [-0.25, -0.2) is 0 Å². The van der Waals surface area contributed by atoms with E-state index in [4.69, 9.17) is 4.74 Å². The molecule has 0 aliphatic heterocycles. The van der Waals surface area contributed by atoms with Crippen molar-refractivity contribution in [3.05, 3.63) is 29.8 Å². The van der Waals surface area contributed by atoms with E-state index in [0.717, 1.165) is 30.6 Å². The second-order valence-corrected chi connectivity index (χ2v) is 4.08. The number of hydrogen-bond acceptors (Lipinski definition) is 2. The van der Waals surface area contributed by atoms with E-state index in [0.29, 0.717) is 0 Å². The Kier molecular flexibility index (Phi) is 4.15. The number of para-hydroxylation sites is 1. The first-order valence-electron chi connectivity index (χ1n) is 5.47. The van der Waals surface area contributed by atoms with Gasteiger partial charge in [0.2, 0.25) is 0 Å². The summed E-state index contributed by atoms with van der Waals surface area (Å²) in [5, 5.41) is 10.3. The Labute approximate surface area is 91.9 Å². The van der Waals surface area contributed by atoms with E-state index in [2.05, 4.69) is 6.92 Å². The first-order valence-corrected chi connectivity index (χ1v) is 5.47. The summed E-state index contributed by atoms with van der Waals surface area (Å²) in [6.07, 6.45) is 2.88. The van der Waals surface area contributed by atoms with Gasteiger partial charge < -0.3 is 9.84 Å². The first-order chi connectivity index (χ1) is 7.11. The molecule has 0 aliphatic carbocycles. The second kappa shape index (κ2) is 5.17. The maximum atomic E-state index is 10.3. The van der Waals surface area contributed by atoms with Gasteiger partial charge in [0.25, 0.3) is 0 Å². The lowest BCUT2D eigenvalue weighted by Gasteiger charge is -2.25. The molecule has 0 saturated carbocycles. The largest absolute Gasteiger partial charge is 0.496 e. The highest BCUT2D eigenvalue weighted by Gasteiger charge is 2.25. The third kappa shape index (κ3) is 2.96. The molecule has 1 N–H and O–H groups in total. The van der Waals surface area contributed by atoms with Crippen LogP contribution in [0.3, 0.4) is 0 Å². The molecule has 15 heavy (non-hydrogen) atoms. The van der Waals surface area contributed by atoms with Gasteiger partial charge in [0.05, 0.1) is 12.7 Å². The maximum absolute atomic E-state index is 10.3. The van der Waals surface area contributed by atoms with E-state index >= 15 is 0 Å². The van der Waals surface area contributed by atoms with Gasteiger partial charge in [-0.2, -0.15) is 0 Å². The molecule has 0 aromatic heterocycles. The minimum Gasteiger partial charge on any atom is -0.496 e. The Balaban J connectivity index is 2.92. The van der Waals surface area contributed by atoms with E-state index in [9.17, 15) is 5.11 Å². The van der Waals surface area contributed by atoms with Gasteiger partial charge in [0.1, 0.15) is 5.75 Å². The van der Waals surface area contributed by atoms with Crippen LogP contribution in [0.4, 0.5) is 0 Å². The zero-order valence-electron chi connectivity index (χ0n) is 9.79. The van der Waals surface area contributed by atoms with Crippen LogP contribution in [0.15, 0.2) is 24.3 Å². The molecule has 1 atom stereocenters. The number of hydrogen-bond donors (Lipinski definition) is 1. The predicted octanol–water partition coefficient (Wildman–Crippen LogP) is 3.09. The highest BCUT2D eigenvalue weighted by molar-refractivity contribution is 5.37. The molecule has 0 aliphatic rings. The third-order valence-electron chi connectivity index (χ3n) is 2.70. The molecule has 0 heterocycles. The minimum absolute atomic E-state index is 0.763. The molecule has 1 rings (SSSR count). The minimum atomic E-state index is -0.789. The summed E-state index contributed by atoms with van der Waals surface area (Å²) >= 11 is 0. The molecule has 1 aromatic rings. The van der Waals surface area contributed by atoms with Gasteiger partial charge in [0, 0.05) is 5.56 Å². The highest BCUT2D eigenvalue weighted by atomic mass is 16.5. The van der Waals surface area contributed by atoms with Crippen LogP contribution in [0.2, 0.25) is 0 Å². The van der Waals surface area contributed by atoms with Gasteiger partial charge in [-0.15, -0.1) is 0 Å². The normalized spacial score (nSPS) is 14.7. The van der Waals surface area contributed by atoms with Crippen LogP contribution in [-0.4, -0.2) is 12.2 Å². The third-order valence-corrected chi connectivity index (χ3v) is 2.70. The average molecular weight is 208 g/mol. The Morgan fingerprint density at radius 3 is 2.60 bits per heavy atom. The molecule has 0 amide bonds. The average Bonchev–Trinajstić information content (AvgIpc) is 2.26. The van der Waals surface area contributed by atoms with Crippen LogP contribution in [0.1, 0.15) is 38.7 Å². The standard InChI is InChI=1S/C13H20O2/c1-4-5-10-13(2,14)11-8-6-7-9-12(11)15-3/h6-9,14H,4-5,10H2,1-3H3. The van der Waals surface area contributed by atoms with Gasteiger partial charge in [-0.05, 0) is 19.4 Å². The van der Waals surface area contributed by atoms with Crippen LogP contribution in [-0.2, 0) is 5.60 Å². The van der Waals surface area contributed by atoms with Crippen LogP contribution < -0.4 is 4.74 Å². The number of aliphatic hydroxyl groups is 1. The fourth-order valence-corrected chi connectivity index (χ4v) is 1.75. The monoisotopic (exact) mass is 208 g/mol. The SMILES string of the molecule is CCCCC(C)(O)c1ccccc1OC. The Morgan fingerprint density at radius 2 is 2.00 bits per heavy atom. The van der Waals surface area contributed by atoms with Crippen LogP contribution in [0.5, 0.6) is 5.75 Å². The zero-order chi connectivity index (χ0) is 11.3. The Bertz CT molecular complexity index is 305. The molecule has 2 heteroatoms. The van der Waals surface area contributed by atoms with E-state index in [1.807, 2.05) is 31.2 Å². The van der Waals surface area contributed by atoms with Crippen LogP contribution in [0.25, 0.3) is 0 Å². The summed E-state index contributed by atoms with van der Waals surface area (Å²) in [7, 11) is 1.63. The van der Waals surface area contributed by atoms with Crippen molar-refractivity contribution >= 4 is 0 Å². The topological polar surface area (TPSA) is 29.5 Å². The van der Waals surface area contributed by atoms with E-state index in [1.165, 1.54) is 0 Å². The lowest BCUT2D eigenvalue weighted by molar-refractivity contribution is 0.0429. The zero-order valence-corrected chi connectivity index (χ0v) is 9.79. The van der Waals surface area contributed by atoms with Gasteiger partial charge in [-0.1, -0.05) is 38.0 Å². The van der Waals surface area contributed by atoms with Crippen LogP contribution >= 0.6 is 0 Å². The molecule has 0 radical (unpaired) electrons. The lowest BCUT2D eigenvalue weighted by Crippen LogP contribution is -2.21. The molecule has 0 spiro atoms. The molecule has 1 aromatic carbocycles. The molecular weight excluding hydrogens is 188 g/mol. The summed E-state index contributed by atoms with van der Waals surface area (Å²) in [6.45, 7) is 3.97. The summed E-state index contributed by atoms with van der Waals surface area (Å²) in [5.41, 5.74) is 0.0868.